The molecule has 0 saturated heterocycles. The van der Waals surface area contributed by atoms with Crippen LogP contribution in [0.25, 0.3) is 0 Å². The number of hydrazine groups is 1. The van der Waals surface area contributed by atoms with Crippen molar-refractivity contribution in [3.63, 3.8) is 0 Å². The molecule has 0 bridgehead atoms. The molecule has 2 heterocycles. The van der Waals surface area contributed by atoms with Crippen LogP contribution in [0.1, 0.15) is 42.7 Å². The minimum atomic E-state index is 0.00237. The molecule has 2 rings (SSSR count). The first-order chi connectivity index (χ1) is 10.0. The van der Waals surface area contributed by atoms with Gasteiger partial charge in [0, 0.05) is 20.0 Å². The van der Waals surface area contributed by atoms with Gasteiger partial charge in [-0.2, -0.15) is 10.2 Å². The highest BCUT2D eigenvalue weighted by Crippen LogP contribution is 2.26. The van der Waals surface area contributed by atoms with Gasteiger partial charge in [-0.05, 0) is 42.3 Å². The summed E-state index contributed by atoms with van der Waals surface area (Å²) in [4.78, 5) is 0. The Morgan fingerprint density at radius 2 is 2.10 bits per heavy atom. The van der Waals surface area contributed by atoms with Crippen LogP contribution in [0.2, 0.25) is 0 Å². The summed E-state index contributed by atoms with van der Waals surface area (Å²) in [6.07, 6.45) is 1.66. The normalized spacial score (nSPS) is 12.9. The summed E-state index contributed by atoms with van der Waals surface area (Å²) in [5.41, 5.74) is 7.23. The number of rotatable bonds is 6. The van der Waals surface area contributed by atoms with E-state index < -0.39 is 0 Å². The first-order valence-electron chi connectivity index (χ1n) is 7.22. The van der Waals surface area contributed by atoms with Gasteiger partial charge in [-0.15, -0.1) is 0 Å². The lowest BCUT2D eigenvalue weighted by Gasteiger charge is -2.17. The lowest BCUT2D eigenvalue weighted by molar-refractivity contribution is 0.478. The molecule has 21 heavy (non-hydrogen) atoms. The van der Waals surface area contributed by atoms with E-state index in [0.29, 0.717) is 0 Å². The molecule has 1 atom stereocenters. The van der Waals surface area contributed by atoms with E-state index in [1.807, 2.05) is 23.3 Å². The van der Waals surface area contributed by atoms with Crippen molar-refractivity contribution in [1.29, 1.82) is 0 Å². The molecule has 0 fully saturated rings. The van der Waals surface area contributed by atoms with E-state index in [0.717, 1.165) is 46.6 Å². The third-order valence-corrected chi connectivity index (χ3v) is 4.61. The van der Waals surface area contributed by atoms with Gasteiger partial charge in [-0.3, -0.25) is 20.6 Å². The van der Waals surface area contributed by atoms with E-state index in [1.165, 1.54) is 0 Å². The lowest BCUT2D eigenvalue weighted by atomic mass is 10.1. The van der Waals surface area contributed by atoms with Gasteiger partial charge in [0.05, 0.1) is 33.3 Å². The summed E-state index contributed by atoms with van der Waals surface area (Å²) < 4.78 is 4.99. The Kier molecular flexibility index (Phi) is 5.18. The second-order valence-electron chi connectivity index (χ2n) is 5.13. The molecule has 0 amide bonds. The van der Waals surface area contributed by atoms with Crippen LogP contribution in [0, 0.1) is 6.92 Å². The lowest BCUT2D eigenvalue weighted by Crippen LogP contribution is -2.32. The molecule has 0 aliphatic rings. The average Bonchev–Trinajstić information content (AvgIpc) is 2.97. The molecule has 0 aliphatic carbocycles. The molecule has 0 radical (unpaired) electrons. The van der Waals surface area contributed by atoms with Crippen molar-refractivity contribution in [2.45, 2.75) is 46.2 Å². The van der Waals surface area contributed by atoms with E-state index in [-0.39, 0.29) is 6.04 Å². The molecule has 0 saturated carbocycles. The molecule has 0 aromatic carbocycles. The Hall–Kier alpha value is -1.18. The molecule has 0 spiro atoms. The highest BCUT2D eigenvalue weighted by molar-refractivity contribution is 9.10. The van der Waals surface area contributed by atoms with Crippen LogP contribution in [0.5, 0.6) is 0 Å². The standard InChI is InChI=1S/C14H23BrN6/c1-5-10-14(15)13(20(4)19-10)8-11(17-16)12-7-9(3)18-21(12)6-2/h7,11,17H,5-6,8,16H2,1-4H3. The third-order valence-electron chi connectivity index (χ3n) is 3.69. The molecule has 2 aromatic rings. The van der Waals surface area contributed by atoms with Crippen molar-refractivity contribution in [2.24, 2.45) is 12.9 Å². The Morgan fingerprint density at radius 1 is 1.38 bits per heavy atom. The van der Waals surface area contributed by atoms with Gasteiger partial charge < -0.3 is 0 Å². The molecular weight excluding hydrogens is 332 g/mol. The van der Waals surface area contributed by atoms with Crippen molar-refractivity contribution >= 4 is 15.9 Å². The Morgan fingerprint density at radius 3 is 2.62 bits per heavy atom. The number of hydrogen-bond donors (Lipinski definition) is 2. The molecule has 116 valence electrons. The summed E-state index contributed by atoms with van der Waals surface area (Å²) in [5.74, 6) is 5.79. The number of aryl methyl sites for hydroxylation is 4. The van der Waals surface area contributed by atoms with E-state index in [2.05, 4.69) is 51.5 Å². The summed E-state index contributed by atoms with van der Waals surface area (Å²) in [5, 5.41) is 9.03. The highest BCUT2D eigenvalue weighted by Gasteiger charge is 2.21. The predicted molar refractivity (Wildman–Crippen MR) is 86.7 cm³/mol. The van der Waals surface area contributed by atoms with Gasteiger partial charge in [0.1, 0.15) is 0 Å². The van der Waals surface area contributed by atoms with Crippen LogP contribution < -0.4 is 11.3 Å². The predicted octanol–water partition coefficient (Wildman–Crippen LogP) is 2.02. The zero-order chi connectivity index (χ0) is 15.6. The highest BCUT2D eigenvalue weighted by atomic mass is 79.9. The largest absolute Gasteiger partial charge is 0.271 e. The summed E-state index contributed by atoms with van der Waals surface area (Å²) in [6, 6.07) is 2.08. The SMILES string of the molecule is CCc1nn(C)c(CC(NN)c2cc(C)nn2CC)c1Br. The monoisotopic (exact) mass is 354 g/mol. The fourth-order valence-electron chi connectivity index (χ4n) is 2.58. The fourth-order valence-corrected chi connectivity index (χ4v) is 3.36. The van der Waals surface area contributed by atoms with Crippen LogP contribution in [0.3, 0.4) is 0 Å². The third kappa shape index (κ3) is 3.20. The van der Waals surface area contributed by atoms with Gasteiger partial charge in [-0.1, -0.05) is 6.92 Å². The number of aromatic nitrogens is 4. The van der Waals surface area contributed by atoms with Gasteiger partial charge in [-0.25, -0.2) is 0 Å². The van der Waals surface area contributed by atoms with Crippen molar-refractivity contribution in [3.8, 4) is 0 Å². The number of nitrogens with one attached hydrogen (secondary N) is 1. The summed E-state index contributed by atoms with van der Waals surface area (Å²) >= 11 is 3.66. The molecule has 2 aromatic heterocycles. The Bertz CT molecular complexity index is 615. The fraction of sp³-hybridized carbons (Fsp3) is 0.571. The van der Waals surface area contributed by atoms with Gasteiger partial charge in [0.2, 0.25) is 0 Å². The van der Waals surface area contributed by atoms with Gasteiger partial charge in [0.15, 0.2) is 0 Å². The maximum Gasteiger partial charge on any atom is 0.0766 e. The van der Waals surface area contributed by atoms with Crippen molar-refractivity contribution in [1.82, 2.24) is 25.0 Å². The molecule has 7 heteroatoms. The second-order valence-corrected chi connectivity index (χ2v) is 5.93. The maximum atomic E-state index is 5.79. The topological polar surface area (TPSA) is 73.7 Å². The quantitative estimate of drug-likeness (QED) is 0.614. The Balaban J connectivity index is 2.33. The van der Waals surface area contributed by atoms with Crippen LogP contribution in [-0.4, -0.2) is 19.6 Å². The zero-order valence-electron chi connectivity index (χ0n) is 13.0. The van der Waals surface area contributed by atoms with E-state index in [1.54, 1.807) is 0 Å². The molecule has 3 N–H and O–H groups in total. The van der Waals surface area contributed by atoms with Crippen molar-refractivity contribution in [3.05, 3.63) is 33.3 Å². The summed E-state index contributed by atoms with van der Waals surface area (Å²) in [6.45, 7) is 7.01. The molecule has 0 aliphatic heterocycles. The van der Waals surface area contributed by atoms with E-state index in [9.17, 15) is 0 Å². The maximum absolute atomic E-state index is 5.79. The van der Waals surface area contributed by atoms with Crippen molar-refractivity contribution < 1.29 is 0 Å². The molecular formula is C14H23BrN6. The smallest absolute Gasteiger partial charge is 0.0766 e. The van der Waals surface area contributed by atoms with E-state index >= 15 is 0 Å². The second kappa shape index (κ2) is 6.72. The first-order valence-corrected chi connectivity index (χ1v) is 8.01. The van der Waals surface area contributed by atoms with Crippen LogP contribution in [0.15, 0.2) is 10.5 Å². The molecule has 6 nitrogen and oxygen atoms in total. The van der Waals surface area contributed by atoms with E-state index in [4.69, 9.17) is 5.84 Å². The van der Waals surface area contributed by atoms with Gasteiger partial charge >= 0.3 is 0 Å². The number of nitrogens with zero attached hydrogens (tertiary/aromatic N) is 4. The summed E-state index contributed by atoms with van der Waals surface area (Å²) in [7, 11) is 1.97. The minimum absolute atomic E-state index is 0.00237. The zero-order valence-corrected chi connectivity index (χ0v) is 14.6. The van der Waals surface area contributed by atoms with Crippen LogP contribution in [-0.2, 0) is 26.4 Å². The molecule has 1 unspecified atom stereocenters. The van der Waals surface area contributed by atoms with Crippen molar-refractivity contribution in [2.75, 3.05) is 0 Å². The first kappa shape index (κ1) is 16.2. The minimum Gasteiger partial charge on any atom is -0.271 e. The van der Waals surface area contributed by atoms with Crippen LogP contribution >= 0.6 is 15.9 Å². The van der Waals surface area contributed by atoms with Gasteiger partial charge in [0.25, 0.3) is 0 Å². The Labute approximate surface area is 133 Å². The average molecular weight is 355 g/mol. The van der Waals surface area contributed by atoms with Crippen LogP contribution in [0.4, 0.5) is 0 Å². The number of halogens is 1. The number of hydrogen-bond acceptors (Lipinski definition) is 4. The number of nitrogens with two attached hydrogens (primary N) is 1.